The maximum absolute atomic E-state index is 11.2. The van der Waals surface area contributed by atoms with Gasteiger partial charge in [-0.3, -0.25) is 4.79 Å². The van der Waals surface area contributed by atoms with Gasteiger partial charge in [0.25, 0.3) is 0 Å². The summed E-state index contributed by atoms with van der Waals surface area (Å²) in [6.07, 6.45) is 0.990. The van der Waals surface area contributed by atoms with Crippen LogP contribution < -0.4 is 16.5 Å². The molecule has 3 N–H and O–H groups in total. The number of rotatable bonds is 3. The van der Waals surface area contributed by atoms with Crippen molar-refractivity contribution in [2.45, 2.75) is 27.2 Å². The first kappa shape index (κ1) is 11.2. The predicted molar refractivity (Wildman–Crippen MR) is 62.9 cm³/mol. The second kappa shape index (κ2) is 3.69. The van der Waals surface area contributed by atoms with Gasteiger partial charge in [-0.1, -0.05) is 33.0 Å². The SMILES string of the molecule is CC(C)(C)CCNc1c(N)c(=S)c1=O. The highest BCUT2D eigenvalue weighted by molar-refractivity contribution is 7.71. The lowest BCUT2D eigenvalue weighted by molar-refractivity contribution is 0.390. The Labute approximate surface area is 89.0 Å². The van der Waals surface area contributed by atoms with Gasteiger partial charge in [-0.15, -0.1) is 0 Å². The normalized spacial score (nSPS) is 11.9. The topological polar surface area (TPSA) is 55.1 Å². The monoisotopic (exact) mass is 212 g/mol. The van der Waals surface area contributed by atoms with E-state index < -0.39 is 0 Å². The van der Waals surface area contributed by atoms with E-state index in [0.29, 0.717) is 11.4 Å². The van der Waals surface area contributed by atoms with Crippen LogP contribution in [0.15, 0.2) is 4.79 Å². The Kier molecular flexibility index (Phi) is 2.95. The van der Waals surface area contributed by atoms with Gasteiger partial charge >= 0.3 is 0 Å². The molecular weight excluding hydrogens is 196 g/mol. The highest BCUT2D eigenvalue weighted by Gasteiger charge is 2.15. The molecule has 0 aliphatic heterocycles. The predicted octanol–water partition coefficient (Wildman–Crippen LogP) is 2.08. The Bertz CT molecular complexity index is 397. The summed E-state index contributed by atoms with van der Waals surface area (Å²) >= 11 is 4.76. The molecule has 1 aromatic rings. The van der Waals surface area contributed by atoms with Gasteiger partial charge in [0, 0.05) is 6.54 Å². The second-order valence-corrected chi connectivity index (χ2v) is 5.09. The lowest BCUT2D eigenvalue weighted by Crippen LogP contribution is -2.23. The minimum absolute atomic E-state index is 0.119. The number of nitrogens with one attached hydrogen (secondary N) is 1. The molecule has 1 rings (SSSR count). The van der Waals surface area contributed by atoms with E-state index >= 15 is 0 Å². The molecule has 3 nitrogen and oxygen atoms in total. The number of nitrogen functional groups attached to an aromatic ring is 1. The zero-order chi connectivity index (χ0) is 10.9. The van der Waals surface area contributed by atoms with Gasteiger partial charge in [-0.25, -0.2) is 0 Å². The van der Waals surface area contributed by atoms with Crippen molar-refractivity contribution in [3.8, 4) is 0 Å². The minimum Gasteiger partial charge on any atom is -0.396 e. The summed E-state index contributed by atoms with van der Waals surface area (Å²) in [7, 11) is 0. The molecule has 0 saturated carbocycles. The van der Waals surface area contributed by atoms with Crippen LogP contribution in [0, 0.1) is 9.93 Å². The molecule has 1 aromatic carbocycles. The quantitative estimate of drug-likeness (QED) is 0.753. The van der Waals surface area contributed by atoms with Crippen molar-refractivity contribution in [2.75, 3.05) is 17.6 Å². The van der Waals surface area contributed by atoms with E-state index in [1.54, 1.807) is 0 Å². The van der Waals surface area contributed by atoms with E-state index in [4.69, 9.17) is 18.0 Å². The van der Waals surface area contributed by atoms with Gasteiger partial charge in [-0.05, 0) is 11.8 Å². The van der Waals surface area contributed by atoms with Crippen LogP contribution in [0.5, 0.6) is 0 Å². The summed E-state index contributed by atoms with van der Waals surface area (Å²) < 4.78 is 0.267. The third-order valence-corrected chi connectivity index (χ3v) is 2.53. The van der Waals surface area contributed by atoms with Crippen LogP contribution in [0.25, 0.3) is 0 Å². The van der Waals surface area contributed by atoms with Gasteiger partial charge in [0.15, 0.2) is 0 Å². The molecule has 0 aliphatic carbocycles. The molecule has 0 amide bonds. The fourth-order valence-electron chi connectivity index (χ4n) is 1.15. The lowest BCUT2D eigenvalue weighted by atomic mass is 9.92. The standard InChI is InChI=1S/C10H16N2OS/c1-10(2,3)4-5-12-7-6(11)9(14)8(7)13/h12H,4-5,11H2,1-3H3. The molecule has 0 heterocycles. The Morgan fingerprint density at radius 2 is 2.00 bits per heavy atom. The van der Waals surface area contributed by atoms with Gasteiger partial charge in [0.05, 0.1) is 5.69 Å². The Morgan fingerprint density at radius 3 is 2.43 bits per heavy atom. The lowest BCUT2D eigenvalue weighted by Gasteiger charge is -2.19. The first-order valence-corrected chi connectivity index (χ1v) is 5.06. The third kappa shape index (κ3) is 2.32. The number of hydrogen-bond donors (Lipinski definition) is 2. The summed E-state index contributed by atoms with van der Waals surface area (Å²) in [5.41, 5.74) is 6.64. The van der Waals surface area contributed by atoms with Crippen molar-refractivity contribution in [1.82, 2.24) is 0 Å². The molecule has 0 saturated heterocycles. The van der Waals surface area contributed by atoms with Gasteiger partial charge in [-0.2, -0.15) is 0 Å². The van der Waals surface area contributed by atoms with E-state index in [-0.39, 0.29) is 15.4 Å². The van der Waals surface area contributed by atoms with Gasteiger partial charge in [0.2, 0.25) is 5.43 Å². The molecule has 14 heavy (non-hydrogen) atoms. The van der Waals surface area contributed by atoms with E-state index in [1.165, 1.54) is 0 Å². The zero-order valence-corrected chi connectivity index (χ0v) is 9.62. The Hall–Kier alpha value is -0.900. The fraction of sp³-hybridized carbons (Fsp3) is 0.600. The highest BCUT2D eigenvalue weighted by Crippen LogP contribution is 2.21. The maximum atomic E-state index is 11.2. The van der Waals surface area contributed by atoms with Crippen LogP contribution in [0.3, 0.4) is 0 Å². The van der Waals surface area contributed by atoms with Crippen molar-refractivity contribution < 1.29 is 0 Å². The van der Waals surface area contributed by atoms with Crippen LogP contribution in [-0.2, 0) is 0 Å². The average molecular weight is 212 g/mol. The third-order valence-electron chi connectivity index (χ3n) is 2.12. The van der Waals surface area contributed by atoms with Crippen LogP contribution in [0.1, 0.15) is 27.2 Å². The molecule has 0 spiro atoms. The molecule has 0 unspecified atom stereocenters. The van der Waals surface area contributed by atoms with E-state index in [0.717, 1.165) is 13.0 Å². The molecule has 0 aromatic heterocycles. The molecule has 0 atom stereocenters. The first-order valence-electron chi connectivity index (χ1n) is 4.65. The zero-order valence-electron chi connectivity index (χ0n) is 8.81. The number of hydrogen-bond acceptors (Lipinski definition) is 4. The van der Waals surface area contributed by atoms with Crippen molar-refractivity contribution in [3.05, 3.63) is 14.7 Å². The second-order valence-electron chi connectivity index (χ2n) is 4.68. The molecule has 0 fully saturated rings. The summed E-state index contributed by atoms with van der Waals surface area (Å²) in [5.74, 6) is 0. The molecule has 0 aliphatic rings. The van der Waals surface area contributed by atoms with Crippen molar-refractivity contribution in [2.24, 2.45) is 5.41 Å². The van der Waals surface area contributed by atoms with Crippen LogP contribution in [-0.4, -0.2) is 6.54 Å². The van der Waals surface area contributed by atoms with E-state index in [1.807, 2.05) is 0 Å². The van der Waals surface area contributed by atoms with E-state index in [2.05, 4.69) is 26.1 Å². The summed E-state index contributed by atoms with van der Waals surface area (Å²) in [4.78, 5) is 11.2. The fourth-order valence-corrected chi connectivity index (χ4v) is 1.35. The first-order chi connectivity index (χ1) is 6.33. The minimum atomic E-state index is -0.119. The summed E-state index contributed by atoms with van der Waals surface area (Å²) in [6.45, 7) is 7.22. The molecule has 0 radical (unpaired) electrons. The molecule has 4 heteroatoms. The number of nitrogens with two attached hydrogens (primary N) is 1. The smallest absolute Gasteiger partial charge is 0.223 e. The van der Waals surface area contributed by atoms with E-state index in [9.17, 15) is 4.79 Å². The largest absolute Gasteiger partial charge is 0.396 e. The average Bonchev–Trinajstić information content (AvgIpc) is 2.09. The van der Waals surface area contributed by atoms with Crippen molar-refractivity contribution in [1.29, 1.82) is 0 Å². The Balaban J connectivity index is 2.49. The van der Waals surface area contributed by atoms with Crippen LogP contribution in [0.2, 0.25) is 0 Å². The highest BCUT2D eigenvalue weighted by atomic mass is 32.1. The molecule has 0 bridgehead atoms. The molecule has 78 valence electrons. The maximum Gasteiger partial charge on any atom is 0.223 e. The summed E-state index contributed by atoms with van der Waals surface area (Å²) in [6, 6.07) is 0. The van der Waals surface area contributed by atoms with Gasteiger partial charge in [0.1, 0.15) is 10.2 Å². The summed E-state index contributed by atoms with van der Waals surface area (Å²) in [5, 5.41) is 3.02. The van der Waals surface area contributed by atoms with Crippen LogP contribution in [0.4, 0.5) is 11.4 Å². The van der Waals surface area contributed by atoms with Crippen LogP contribution >= 0.6 is 12.2 Å². The Morgan fingerprint density at radius 1 is 1.43 bits per heavy atom. The van der Waals surface area contributed by atoms with Crippen molar-refractivity contribution in [3.63, 3.8) is 0 Å². The van der Waals surface area contributed by atoms with Gasteiger partial charge < -0.3 is 11.1 Å². The number of anilines is 2. The molecular formula is C10H16N2OS. The van der Waals surface area contributed by atoms with Crippen molar-refractivity contribution >= 4 is 23.6 Å².